The van der Waals surface area contributed by atoms with Gasteiger partial charge >= 0.3 is 0 Å². The molecule has 1 unspecified atom stereocenters. The first-order chi connectivity index (χ1) is 25.2. The second-order valence-electron chi connectivity index (χ2n) is 16.1. The number of ether oxygens (including phenoxy) is 1. The molecule has 296 valence electrons. The third kappa shape index (κ3) is 11.4. The summed E-state index contributed by atoms with van der Waals surface area (Å²) in [5, 5.41) is 14.8. The summed E-state index contributed by atoms with van der Waals surface area (Å²) >= 11 is 0. The van der Waals surface area contributed by atoms with Gasteiger partial charge in [-0.15, -0.1) is 0 Å². The summed E-state index contributed by atoms with van der Waals surface area (Å²) < 4.78 is 6.03. The van der Waals surface area contributed by atoms with Gasteiger partial charge in [0.05, 0.1) is 30.1 Å². The number of aromatic nitrogens is 1. The normalized spacial score (nSPS) is 18.8. The van der Waals surface area contributed by atoms with Crippen molar-refractivity contribution in [3.05, 3.63) is 42.1 Å². The first-order valence-electron chi connectivity index (χ1n) is 20.0. The van der Waals surface area contributed by atoms with Gasteiger partial charge in [-0.1, -0.05) is 73.1 Å². The molecule has 10 nitrogen and oxygen atoms in total. The minimum atomic E-state index is -0.575. The predicted octanol–water partition coefficient (Wildman–Crippen LogP) is 6.12. The fourth-order valence-corrected chi connectivity index (χ4v) is 8.46. The summed E-state index contributed by atoms with van der Waals surface area (Å²) in [6, 6.07) is 9.19. The van der Waals surface area contributed by atoms with Crippen LogP contribution in [0.1, 0.15) is 99.0 Å². The van der Waals surface area contributed by atoms with Crippen molar-refractivity contribution in [1.29, 1.82) is 0 Å². The number of hydrogen-bond acceptors (Lipinski definition) is 8. The van der Waals surface area contributed by atoms with Crippen molar-refractivity contribution >= 4 is 34.3 Å². The summed E-state index contributed by atoms with van der Waals surface area (Å²) in [5.41, 5.74) is 2.08. The van der Waals surface area contributed by atoms with Gasteiger partial charge in [0.1, 0.15) is 5.78 Å². The number of likely N-dealkylation sites (N-methyl/N-ethyl adjacent to an activating group) is 2. The van der Waals surface area contributed by atoms with E-state index in [-0.39, 0.29) is 78.6 Å². The molecule has 0 radical (unpaired) electrons. The number of aliphatic hydroxyl groups is 1. The van der Waals surface area contributed by atoms with Crippen molar-refractivity contribution in [1.82, 2.24) is 20.1 Å². The van der Waals surface area contributed by atoms with Gasteiger partial charge in [-0.2, -0.15) is 0 Å². The van der Waals surface area contributed by atoms with Crippen LogP contribution >= 0.6 is 0 Å². The van der Waals surface area contributed by atoms with Gasteiger partial charge in [0.25, 0.3) is 0 Å². The van der Waals surface area contributed by atoms with E-state index in [1.54, 1.807) is 32.3 Å². The Morgan fingerprint density at radius 3 is 2.36 bits per heavy atom. The maximum Gasteiger partial charge on any atom is 0.226 e. The van der Waals surface area contributed by atoms with Crippen molar-refractivity contribution < 1.29 is 29.0 Å². The quantitative estimate of drug-likeness (QED) is 0.148. The molecular weight excluding hydrogens is 668 g/mol. The van der Waals surface area contributed by atoms with Gasteiger partial charge in [0.15, 0.2) is 5.78 Å². The molecule has 8 atom stereocenters. The van der Waals surface area contributed by atoms with E-state index in [0.29, 0.717) is 19.4 Å². The molecule has 0 aliphatic carbocycles. The van der Waals surface area contributed by atoms with Crippen molar-refractivity contribution in [2.24, 2.45) is 35.5 Å². The van der Waals surface area contributed by atoms with Crippen LogP contribution < -0.4 is 5.32 Å². The van der Waals surface area contributed by atoms with Crippen molar-refractivity contribution in [3.8, 4) is 0 Å². The highest BCUT2D eigenvalue weighted by molar-refractivity contribution is 5.90. The summed E-state index contributed by atoms with van der Waals surface area (Å²) in [5.74, 6) is -1.29. The van der Waals surface area contributed by atoms with Crippen LogP contribution in [0.2, 0.25) is 0 Å². The van der Waals surface area contributed by atoms with Crippen LogP contribution in [-0.4, -0.2) is 102 Å². The largest absolute Gasteiger partial charge is 0.396 e. The molecule has 2 heterocycles. The van der Waals surface area contributed by atoms with Crippen LogP contribution in [0.4, 0.5) is 0 Å². The van der Waals surface area contributed by atoms with Gasteiger partial charge in [-0.05, 0) is 68.2 Å². The zero-order valence-electron chi connectivity index (χ0n) is 34.1. The van der Waals surface area contributed by atoms with Gasteiger partial charge in [-0.25, -0.2) is 0 Å². The molecule has 2 N–H and O–H groups in total. The van der Waals surface area contributed by atoms with E-state index >= 15 is 0 Å². The van der Waals surface area contributed by atoms with Gasteiger partial charge < -0.3 is 25.0 Å². The molecule has 3 rings (SSSR count). The molecule has 0 bridgehead atoms. The van der Waals surface area contributed by atoms with E-state index in [1.165, 1.54) is 0 Å². The molecular formula is C43H68N4O6. The lowest BCUT2D eigenvalue weighted by Gasteiger charge is -2.41. The van der Waals surface area contributed by atoms with E-state index in [4.69, 9.17) is 4.74 Å². The number of likely N-dealkylation sites (tertiary alicyclic amines) is 1. The Kier molecular flexibility index (Phi) is 17.5. The van der Waals surface area contributed by atoms with E-state index in [9.17, 15) is 24.3 Å². The monoisotopic (exact) mass is 737 g/mol. The number of Topliss-reactive ketones (excluding diaryl/α,β-unsaturated/α-hetero) is 2. The fraction of sp³-hybridized carbons (Fsp3) is 0.698. The van der Waals surface area contributed by atoms with E-state index in [1.807, 2.05) is 51.7 Å². The third-order valence-electron chi connectivity index (χ3n) is 12.0. The molecule has 2 amide bonds. The van der Waals surface area contributed by atoms with Crippen LogP contribution in [0.15, 0.2) is 36.5 Å². The highest BCUT2D eigenvalue weighted by Gasteiger charge is 2.42. The fourth-order valence-electron chi connectivity index (χ4n) is 8.46. The first-order valence-corrected chi connectivity index (χ1v) is 20.0. The lowest BCUT2D eigenvalue weighted by Crippen LogP contribution is -2.54. The molecule has 0 saturated carbocycles. The number of benzene rings is 1. The summed E-state index contributed by atoms with van der Waals surface area (Å²) in [6.07, 6.45) is 5.57. The number of methoxy groups -OCH3 is 1. The maximum absolute atomic E-state index is 14.2. The molecule has 1 fully saturated rings. The molecule has 53 heavy (non-hydrogen) atoms. The molecule has 1 aliphatic rings. The predicted molar refractivity (Wildman–Crippen MR) is 211 cm³/mol. The first kappa shape index (κ1) is 44.2. The third-order valence-corrected chi connectivity index (χ3v) is 12.0. The SMILES string of the molecule is CC[C@H](C)C([C@@H](CC(=O)N1CCC[C@H]1[C@H](CO)[C@@H](C)C(=O)CCCc1ccc2cccnc2c1)OC)N(C)C(=O)[C@@H](CC(=O)[C@@H](NC)C(C)C)C(C)C. The van der Waals surface area contributed by atoms with Crippen LogP contribution in [0.25, 0.3) is 10.9 Å². The minimum absolute atomic E-state index is 0.0222. The lowest BCUT2D eigenvalue weighted by atomic mass is 9.82. The zero-order valence-corrected chi connectivity index (χ0v) is 34.1. The number of nitrogens with zero attached hydrogens (tertiary/aromatic N) is 3. The van der Waals surface area contributed by atoms with E-state index in [0.717, 1.165) is 42.1 Å². The van der Waals surface area contributed by atoms with Crippen LogP contribution in [0.5, 0.6) is 0 Å². The Bertz CT molecular complexity index is 1500. The Balaban J connectivity index is 1.70. The summed E-state index contributed by atoms with van der Waals surface area (Å²) in [4.78, 5) is 63.1. The number of carbonyl (C=O) groups is 4. The number of carbonyl (C=O) groups excluding carboxylic acids is 4. The second kappa shape index (κ2) is 21.0. The summed E-state index contributed by atoms with van der Waals surface area (Å²) in [7, 11) is 5.14. The van der Waals surface area contributed by atoms with Gasteiger partial charge in [-0.3, -0.25) is 24.2 Å². The number of ketones is 2. The molecule has 1 aliphatic heterocycles. The zero-order chi connectivity index (χ0) is 39.4. The highest BCUT2D eigenvalue weighted by atomic mass is 16.5. The number of fused-ring (bicyclic) bond motifs is 1. The highest BCUT2D eigenvalue weighted by Crippen LogP contribution is 2.33. The number of aryl methyl sites for hydroxylation is 1. The number of rotatable bonds is 22. The van der Waals surface area contributed by atoms with Gasteiger partial charge in [0, 0.05) is 75.5 Å². The Hall–Kier alpha value is -3.21. The number of hydrogen-bond donors (Lipinski definition) is 2. The van der Waals surface area contributed by atoms with Crippen LogP contribution in [0, 0.1) is 35.5 Å². The Morgan fingerprint density at radius 2 is 1.75 bits per heavy atom. The van der Waals surface area contributed by atoms with Crippen molar-refractivity contribution in [3.63, 3.8) is 0 Å². The Labute approximate surface area is 318 Å². The number of nitrogens with one attached hydrogen (secondary N) is 1. The molecule has 0 spiro atoms. The maximum atomic E-state index is 14.2. The lowest BCUT2D eigenvalue weighted by molar-refractivity contribution is -0.148. The standard InChI is InChI=1S/C43H68N4O6/c1-11-29(6)42(46(9)43(52)33(27(2)3)24-38(50)41(44-8)28(4)5)39(53-10)25-40(51)47-22-14-17-36(47)34(26-48)30(7)37(49)18-12-15-31-19-20-32-16-13-21-45-35(32)23-31/h13,16,19-21,23,27-30,33-34,36,39,41-42,44,48H,11-12,14-15,17-18,22,24-26H2,1-10H3/t29-,30+,33-,34+,36-,39+,41-,42?/m0/s1. The van der Waals surface area contributed by atoms with Crippen LogP contribution in [-0.2, 0) is 30.3 Å². The van der Waals surface area contributed by atoms with E-state index in [2.05, 4.69) is 42.3 Å². The Morgan fingerprint density at radius 1 is 1.04 bits per heavy atom. The molecule has 1 saturated heterocycles. The van der Waals surface area contributed by atoms with Gasteiger partial charge in [0.2, 0.25) is 11.8 Å². The average molecular weight is 737 g/mol. The van der Waals surface area contributed by atoms with Crippen molar-refractivity contribution in [2.75, 3.05) is 34.4 Å². The molecule has 1 aromatic carbocycles. The molecule has 1 aromatic heterocycles. The smallest absolute Gasteiger partial charge is 0.226 e. The average Bonchev–Trinajstić information content (AvgIpc) is 3.62. The second-order valence-corrected chi connectivity index (χ2v) is 16.1. The number of amides is 2. The number of pyridine rings is 1. The van der Waals surface area contributed by atoms with E-state index < -0.39 is 24.0 Å². The minimum Gasteiger partial charge on any atom is -0.396 e. The number of aliphatic hydroxyl groups excluding tert-OH is 1. The molecule has 10 heteroatoms. The summed E-state index contributed by atoms with van der Waals surface area (Å²) in [6.45, 7) is 14.3. The molecule has 2 aromatic rings. The topological polar surface area (TPSA) is 129 Å². The van der Waals surface area contributed by atoms with Crippen LogP contribution in [0.3, 0.4) is 0 Å². The van der Waals surface area contributed by atoms with Crippen molar-refractivity contribution in [2.45, 2.75) is 124 Å².